The van der Waals surface area contributed by atoms with Crippen molar-refractivity contribution in [3.63, 3.8) is 0 Å². The fraction of sp³-hybridized carbons (Fsp3) is 0.438. The van der Waals surface area contributed by atoms with Crippen LogP contribution in [0.25, 0.3) is 10.6 Å². The number of rotatable bonds is 7. The number of hydrogen-bond acceptors (Lipinski definition) is 4. The van der Waals surface area contributed by atoms with Gasteiger partial charge in [0.1, 0.15) is 5.01 Å². The van der Waals surface area contributed by atoms with Gasteiger partial charge < -0.3 is 5.32 Å². The van der Waals surface area contributed by atoms with Crippen LogP contribution in [0.3, 0.4) is 0 Å². The highest BCUT2D eigenvalue weighted by Gasteiger charge is 2.13. The number of thiazole rings is 1. The maximum absolute atomic E-state index is 11.9. The number of aromatic nitrogens is 2. The first-order valence-electron chi connectivity index (χ1n) is 7.37. The van der Waals surface area contributed by atoms with Crippen molar-refractivity contribution in [2.75, 3.05) is 6.54 Å². The molecule has 1 amide bonds. The van der Waals surface area contributed by atoms with Gasteiger partial charge >= 0.3 is 0 Å². The van der Waals surface area contributed by atoms with Gasteiger partial charge in [0.05, 0.1) is 5.69 Å². The molecule has 2 heterocycles. The number of carbonyl (C=O) groups is 1. The van der Waals surface area contributed by atoms with E-state index in [9.17, 15) is 4.79 Å². The lowest BCUT2D eigenvalue weighted by Gasteiger charge is -2.11. The Morgan fingerprint density at radius 2 is 2.19 bits per heavy atom. The molecule has 4 nitrogen and oxygen atoms in total. The molecule has 0 atom stereocenters. The van der Waals surface area contributed by atoms with Gasteiger partial charge in [0.15, 0.2) is 0 Å². The quantitative estimate of drug-likeness (QED) is 0.854. The SMILES string of the molecule is CCC(CC)C(=O)NCCc1csc(-c2cccnc2)n1. The van der Waals surface area contributed by atoms with Crippen molar-refractivity contribution < 1.29 is 4.79 Å². The molecule has 0 spiro atoms. The molecule has 21 heavy (non-hydrogen) atoms. The van der Waals surface area contributed by atoms with E-state index in [0.29, 0.717) is 6.54 Å². The minimum atomic E-state index is 0.131. The molecule has 0 bridgehead atoms. The zero-order valence-electron chi connectivity index (χ0n) is 12.5. The number of nitrogens with zero attached hydrogens (tertiary/aromatic N) is 2. The van der Waals surface area contributed by atoms with Gasteiger partial charge in [-0.1, -0.05) is 13.8 Å². The Labute approximate surface area is 129 Å². The normalized spacial score (nSPS) is 10.8. The smallest absolute Gasteiger partial charge is 0.223 e. The topological polar surface area (TPSA) is 54.9 Å². The summed E-state index contributed by atoms with van der Waals surface area (Å²) in [7, 11) is 0. The average Bonchev–Trinajstić information content (AvgIpc) is 2.98. The second-order valence-corrected chi connectivity index (χ2v) is 5.80. The second kappa shape index (κ2) is 7.88. The summed E-state index contributed by atoms with van der Waals surface area (Å²) in [5, 5.41) is 6.02. The van der Waals surface area contributed by atoms with Crippen LogP contribution in [-0.2, 0) is 11.2 Å². The highest BCUT2D eigenvalue weighted by atomic mass is 32.1. The van der Waals surface area contributed by atoms with E-state index >= 15 is 0 Å². The van der Waals surface area contributed by atoms with Crippen LogP contribution in [0.2, 0.25) is 0 Å². The fourth-order valence-corrected chi connectivity index (χ4v) is 3.01. The molecular formula is C16H21N3OS. The average molecular weight is 303 g/mol. The Kier molecular flexibility index (Phi) is 5.87. The van der Waals surface area contributed by atoms with Gasteiger partial charge in [-0.05, 0) is 25.0 Å². The van der Waals surface area contributed by atoms with Crippen molar-refractivity contribution in [2.45, 2.75) is 33.1 Å². The van der Waals surface area contributed by atoms with Crippen LogP contribution >= 0.6 is 11.3 Å². The number of pyridine rings is 1. The third-order valence-corrected chi connectivity index (χ3v) is 4.44. The lowest BCUT2D eigenvalue weighted by Crippen LogP contribution is -2.31. The molecule has 0 aliphatic rings. The van der Waals surface area contributed by atoms with E-state index in [-0.39, 0.29) is 11.8 Å². The van der Waals surface area contributed by atoms with Gasteiger partial charge in [0, 0.05) is 42.2 Å². The highest BCUT2D eigenvalue weighted by Crippen LogP contribution is 2.22. The van der Waals surface area contributed by atoms with Crippen LogP contribution in [0, 0.1) is 5.92 Å². The number of carbonyl (C=O) groups excluding carboxylic acids is 1. The Morgan fingerprint density at radius 3 is 2.86 bits per heavy atom. The molecule has 0 saturated carbocycles. The maximum Gasteiger partial charge on any atom is 0.223 e. The molecule has 2 rings (SSSR count). The van der Waals surface area contributed by atoms with E-state index in [4.69, 9.17) is 0 Å². The van der Waals surface area contributed by atoms with Gasteiger partial charge in [-0.2, -0.15) is 0 Å². The van der Waals surface area contributed by atoms with Crippen molar-refractivity contribution in [1.29, 1.82) is 0 Å². The molecule has 5 heteroatoms. The Hall–Kier alpha value is -1.75. The van der Waals surface area contributed by atoms with Crippen molar-refractivity contribution in [1.82, 2.24) is 15.3 Å². The molecule has 0 unspecified atom stereocenters. The first kappa shape index (κ1) is 15.6. The van der Waals surface area contributed by atoms with Gasteiger partial charge in [-0.25, -0.2) is 4.98 Å². The van der Waals surface area contributed by atoms with Crippen LogP contribution in [-0.4, -0.2) is 22.4 Å². The van der Waals surface area contributed by atoms with Crippen molar-refractivity contribution >= 4 is 17.2 Å². The molecule has 1 N–H and O–H groups in total. The van der Waals surface area contributed by atoms with Crippen LogP contribution in [0.1, 0.15) is 32.4 Å². The van der Waals surface area contributed by atoms with Crippen LogP contribution < -0.4 is 5.32 Å². The zero-order chi connectivity index (χ0) is 15.1. The minimum absolute atomic E-state index is 0.131. The lowest BCUT2D eigenvalue weighted by atomic mass is 10.0. The van der Waals surface area contributed by atoms with E-state index in [1.54, 1.807) is 17.5 Å². The molecule has 0 aromatic carbocycles. The molecule has 0 aliphatic carbocycles. The zero-order valence-corrected chi connectivity index (χ0v) is 13.3. The summed E-state index contributed by atoms with van der Waals surface area (Å²) in [5.41, 5.74) is 2.05. The molecule has 0 saturated heterocycles. The van der Waals surface area contributed by atoms with E-state index in [1.807, 2.05) is 37.6 Å². The fourth-order valence-electron chi connectivity index (χ4n) is 2.16. The Bertz CT molecular complexity index is 564. The molecule has 2 aromatic heterocycles. The Morgan fingerprint density at radius 1 is 1.38 bits per heavy atom. The minimum Gasteiger partial charge on any atom is -0.355 e. The lowest BCUT2D eigenvalue weighted by molar-refractivity contribution is -0.125. The van der Waals surface area contributed by atoms with E-state index in [1.165, 1.54) is 0 Å². The third-order valence-electron chi connectivity index (χ3n) is 3.50. The first-order chi connectivity index (χ1) is 10.2. The van der Waals surface area contributed by atoms with Gasteiger partial charge in [0.2, 0.25) is 5.91 Å². The summed E-state index contributed by atoms with van der Waals surface area (Å²) in [4.78, 5) is 20.6. The van der Waals surface area contributed by atoms with Gasteiger partial charge in [-0.15, -0.1) is 11.3 Å². The molecular weight excluding hydrogens is 282 g/mol. The third kappa shape index (κ3) is 4.36. The highest BCUT2D eigenvalue weighted by molar-refractivity contribution is 7.13. The summed E-state index contributed by atoms with van der Waals surface area (Å²) >= 11 is 1.61. The van der Waals surface area contributed by atoms with Crippen LogP contribution in [0.5, 0.6) is 0 Å². The van der Waals surface area contributed by atoms with Gasteiger partial charge in [0.25, 0.3) is 0 Å². The van der Waals surface area contributed by atoms with E-state index in [0.717, 1.165) is 35.5 Å². The van der Waals surface area contributed by atoms with Crippen LogP contribution in [0.15, 0.2) is 29.9 Å². The van der Waals surface area contributed by atoms with Crippen molar-refractivity contribution in [3.8, 4) is 10.6 Å². The summed E-state index contributed by atoms with van der Waals surface area (Å²) in [6, 6.07) is 3.91. The Balaban J connectivity index is 1.85. The van der Waals surface area contributed by atoms with E-state index in [2.05, 4.69) is 15.3 Å². The van der Waals surface area contributed by atoms with Crippen molar-refractivity contribution in [3.05, 3.63) is 35.6 Å². The van der Waals surface area contributed by atoms with Crippen LogP contribution in [0.4, 0.5) is 0 Å². The molecule has 0 aliphatic heterocycles. The monoisotopic (exact) mass is 303 g/mol. The van der Waals surface area contributed by atoms with Crippen molar-refractivity contribution in [2.24, 2.45) is 5.92 Å². The summed E-state index contributed by atoms with van der Waals surface area (Å²) in [6.07, 6.45) is 6.12. The molecule has 0 fully saturated rings. The first-order valence-corrected chi connectivity index (χ1v) is 8.25. The summed E-state index contributed by atoms with van der Waals surface area (Å²) in [6.45, 7) is 4.74. The molecule has 0 radical (unpaired) electrons. The molecule has 112 valence electrons. The molecule has 2 aromatic rings. The predicted molar refractivity (Wildman–Crippen MR) is 86.1 cm³/mol. The second-order valence-electron chi connectivity index (χ2n) is 4.94. The number of nitrogens with one attached hydrogen (secondary N) is 1. The number of hydrogen-bond donors (Lipinski definition) is 1. The maximum atomic E-state index is 11.9. The predicted octanol–water partition coefficient (Wildman–Crippen LogP) is 3.30. The van der Waals surface area contributed by atoms with Gasteiger partial charge in [-0.3, -0.25) is 9.78 Å². The van der Waals surface area contributed by atoms with E-state index < -0.39 is 0 Å². The largest absolute Gasteiger partial charge is 0.355 e. The summed E-state index contributed by atoms with van der Waals surface area (Å²) < 4.78 is 0. The standard InChI is InChI=1S/C16H21N3OS/c1-3-12(4-2)15(20)18-9-7-14-11-21-16(19-14)13-6-5-8-17-10-13/h5-6,8,10-12H,3-4,7,9H2,1-2H3,(H,18,20). The summed E-state index contributed by atoms with van der Waals surface area (Å²) in [5.74, 6) is 0.286. The number of amides is 1.